The molecule has 10 heteroatoms. The second kappa shape index (κ2) is 56.9. The number of ether oxygens (including phenoxy) is 2. The van der Waals surface area contributed by atoms with Crippen molar-refractivity contribution in [3.05, 3.63) is 85.1 Å². The lowest BCUT2D eigenvalue weighted by atomic mass is 10.0. The van der Waals surface area contributed by atoms with Gasteiger partial charge in [-0.05, 0) is 89.9 Å². The second-order valence-electron chi connectivity index (χ2n) is 22.0. The Morgan fingerprint density at radius 2 is 0.750 bits per heavy atom. The molecule has 0 spiro atoms. The fourth-order valence-electron chi connectivity index (χ4n) is 8.60. The quantitative estimate of drug-likeness (QED) is 0.0195. The maximum absolute atomic E-state index is 12.8. The topological polar surface area (TPSA) is 111 Å². The summed E-state index contributed by atoms with van der Waals surface area (Å²) in [4.78, 5) is 37.9. The largest absolute Gasteiger partial charge is 0.756 e. The molecule has 0 radical (unpaired) electrons. The maximum atomic E-state index is 12.8. The van der Waals surface area contributed by atoms with Gasteiger partial charge in [0.1, 0.15) is 19.8 Å². The van der Waals surface area contributed by atoms with Crippen LogP contribution in [-0.4, -0.2) is 70.0 Å². The lowest BCUT2D eigenvalue weighted by Crippen LogP contribution is -2.37. The molecule has 0 heterocycles. The van der Waals surface area contributed by atoms with Gasteiger partial charge in [0.05, 0.1) is 27.7 Å². The Balaban J connectivity index is 4.06. The van der Waals surface area contributed by atoms with Gasteiger partial charge in [0.2, 0.25) is 0 Å². The molecular weight excluding hydrogens is 966 g/mol. The zero-order valence-corrected chi connectivity index (χ0v) is 50.8. The van der Waals surface area contributed by atoms with Crippen LogP contribution in [0.15, 0.2) is 85.1 Å². The van der Waals surface area contributed by atoms with Crippen molar-refractivity contribution in [2.75, 3.05) is 47.5 Å². The molecular formula is C66H118NO8P. The minimum atomic E-state index is -4.64. The highest BCUT2D eigenvalue weighted by atomic mass is 31.2. The van der Waals surface area contributed by atoms with Crippen molar-refractivity contribution in [1.82, 2.24) is 0 Å². The summed E-state index contributed by atoms with van der Waals surface area (Å²) >= 11 is 0. The predicted molar refractivity (Wildman–Crippen MR) is 323 cm³/mol. The second-order valence-corrected chi connectivity index (χ2v) is 23.4. The third-order valence-corrected chi connectivity index (χ3v) is 14.4. The van der Waals surface area contributed by atoms with Crippen LogP contribution in [0.1, 0.15) is 271 Å². The first-order valence-electron chi connectivity index (χ1n) is 31.3. The van der Waals surface area contributed by atoms with E-state index in [9.17, 15) is 19.0 Å². The van der Waals surface area contributed by atoms with Gasteiger partial charge in [-0.15, -0.1) is 0 Å². The molecule has 0 rings (SSSR count). The standard InChI is InChI=1S/C66H118NO8P/c1-6-8-10-12-14-16-18-20-22-24-26-27-28-29-30-31-32-33-34-35-36-37-38-39-41-43-45-47-49-51-53-55-57-59-66(69)75-64(63-74-76(70,71)73-61-60-67(3,4)5)62-72-65(68)58-56-54-52-50-48-46-44-42-40-25-23-21-19-17-15-13-11-9-7-2/h8,10,14-17,20-23,26-27,40,42,64H,6-7,9,11-13,18-19,24-25,28-39,41,43-63H2,1-5H3/b10-8-,16-14-,17-15-,22-20-,23-21-,27-26-,42-40-. The van der Waals surface area contributed by atoms with E-state index in [1.165, 1.54) is 148 Å². The predicted octanol–water partition coefficient (Wildman–Crippen LogP) is 19.2. The molecule has 0 aliphatic heterocycles. The highest BCUT2D eigenvalue weighted by molar-refractivity contribution is 7.45. The Kier molecular flexibility index (Phi) is 54.8. The Labute approximate surface area is 469 Å². The number of quaternary nitrogens is 1. The molecule has 0 aliphatic carbocycles. The Morgan fingerprint density at radius 1 is 0.421 bits per heavy atom. The first-order chi connectivity index (χ1) is 37.0. The highest BCUT2D eigenvalue weighted by Crippen LogP contribution is 2.38. The summed E-state index contributed by atoms with van der Waals surface area (Å²) < 4.78 is 34.2. The van der Waals surface area contributed by atoms with Gasteiger partial charge >= 0.3 is 11.9 Å². The Hall–Kier alpha value is -2.81. The van der Waals surface area contributed by atoms with E-state index in [1.54, 1.807) is 0 Å². The van der Waals surface area contributed by atoms with Crippen LogP contribution in [0.25, 0.3) is 0 Å². The Bertz CT molecular complexity index is 1560. The smallest absolute Gasteiger partial charge is 0.306 e. The van der Waals surface area contributed by atoms with E-state index in [2.05, 4.69) is 98.9 Å². The first kappa shape index (κ1) is 73.2. The summed E-state index contributed by atoms with van der Waals surface area (Å²) in [6.07, 6.45) is 76.4. The number of carbonyl (C=O) groups is 2. The van der Waals surface area contributed by atoms with Gasteiger partial charge in [-0.2, -0.15) is 0 Å². The molecule has 0 aromatic heterocycles. The number of nitrogens with zero attached hydrogens (tertiary/aromatic N) is 1. The van der Waals surface area contributed by atoms with Crippen LogP contribution < -0.4 is 4.89 Å². The van der Waals surface area contributed by atoms with Gasteiger partial charge in [0, 0.05) is 12.8 Å². The van der Waals surface area contributed by atoms with E-state index in [4.69, 9.17) is 18.5 Å². The van der Waals surface area contributed by atoms with Crippen LogP contribution in [-0.2, 0) is 32.7 Å². The first-order valence-corrected chi connectivity index (χ1v) is 32.8. The number of phosphoric ester groups is 1. The number of rotatable bonds is 57. The fraction of sp³-hybridized carbons (Fsp3) is 0.758. The number of esters is 2. The molecule has 0 fully saturated rings. The molecule has 76 heavy (non-hydrogen) atoms. The lowest BCUT2D eigenvalue weighted by molar-refractivity contribution is -0.870. The summed E-state index contributed by atoms with van der Waals surface area (Å²) in [6, 6.07) is 0. The van der Waals surface area contributed by atoms with Crippen LogP contribution in [0, 0.1) is 0 Å². The van der Waals surface area contributed by atoms with E-state index < -0.39 is 32.5 Å². The van der Waals surface area contributed by atoms with E-state index in [-0.39, 0.29) is 26.1 Å². The summed E-state index contributed by atoms with van der Waals surface area (Å²) in [7, 11) is 1.16. The van der Waals surface area contributed by atoms with Crippen molar-refractivity contribution in [1.29, 1.82) is 0 Å². The third kappa shape index (κ3) is 60.4. The van der Waals surface area contributed by atoms with Gasteiger partial charge in [0.15, 0.2) is 6.10 Å². The zero-order chi connectivity index (χ0) is 55.6. The van der Waals surface area contributed by atoms with Crippen LogP contribution >= 0.6 is 7.82 Å². The number of hydrogen-bond acceptors (Lipinski definition) is 8. The lowest BCUT2D eigenvalue weighted by Gasteiger charge is -2.28. The average molecular weight is 1080 g/mol. The zero-order valence-electron chi connectivity index (χ0n) is 49.9. The van der Waals surface area contributed by atoms with Crippen molar-refractivity contribution >= 4 is 19.8 Å². The van der Waals surface area contributed by atoms with E-state index in [0.717, 1.165) is 83.5 Å². The molecule has 2 atom stereocenters. The summed E-state index contributed by atoms with van der Waals surface area (Å²) in [6.45, 7) is 4.10. The van der Waals surface area contributed by atoms with Crippen molar-refractivity contribution in [3.8, 4) is 0 Å². The molecule has 0 saturated heterocycles. The van der Waals surface area contributed by atoms with Crippen LogP contribution in [0.3, 0.4) is 0 Å². The number of phosphoric acid groups is 1. The van der Waals surface area contributed by atoms with Crippen molar-refractivity contribution in [2.45, 2.75) is 277 Å². The number of carbonyl (C=O) groups excluding carboxylic acids is 2. The molecule has 0 amide bonds. The van der Waals surface area contributed by atoms with Gasteiger partial charge < -0.3 is 27.9 Å². The molecule has 9 nitrogen and oxygen atoms in total. The molecule has 0 aromatic rings. The number of allylic oxidation sites excluding steroid dienone is 14. The van der Waals surface area contributed by atoms with Gasteiger partial charge in [-0.25, -0.2) is 0 Å². The number of likely N-dealkylation sites (N-methyl/N-ethyl adjacent to an activating group) is 1. The fourth-order valence-corrected chi connectivity index (χ4v) is 9.33. The molecule has 0 N–H and O–H groups in total. The van der Waals surface area contributed by atoms with Crippen LogP contribution in [0.2, 0.25) is 0 Å². The van der Waals surface area contributed by atoms with Crippen molar-refractivity contribution < 1.29 is 42.1 Å². The van der Waals surface area contributed by atoms with Gasteiger partial charge in [0.25, 0.3) is 7.82 Å². The molecule has 0 bridgehead atoms. The van der Waals surface area contributed by atoms with Crippen molar-refractivity contribution in [3.63, 3.8) is 0 Å². The van der Waals surface area contributed by atoms with E-state index in [1.807, 2.05) is 21.1 Å². The molecule has 0 saturated carbocycles. The number of hydrogen-bond donors (Lipinski definition) is 0. The SMILES string of the molecule is CC/C=C\C/C=C\C/C=C\C/C=C\CCCCCCCCCCCCCCCCCCCCCCC(=O)OC(COC(=O)CCCCCCCC/C=C\C/C=C\C/C=C\CCCCC)COP(=O)([O-])OCC[N+](C)(C)C. The number of unbranched alkanes of at least 4 members (excludes halogenated alkanes) is 29. The minimum Gasteiger partial charge on any atom is -0.756 e. The maximum Gasteiger partial charge on any atom is 0.306 e. The molecule has 440 valence electrons. The normalized spacial score (nSPS) is 13.8. The summed E-state index contributed by atoms with van der Waals surface area (Å²) in [5.41, 5.74) is 0. The molecule has 0 aromatic carbocycles. The molecule has 2 unspecified atom stereocenters. The van der Waals surface area contributed by atoms with E-state index in [0.29, 0.717) is 23.9 Å². The van der Waals surface area contributed by atoms with Gasteiger partial charge in [-0.3, -0.25) is 14.2 Å². The highest BCUT2D eigenvalue weighted by Gasteiger charge is 2.22. The summed E-state index contributed by atoms with van der Waals surface area (Å²) in [5, 5.41) is 0. The molecule has 0 aliphatic rings. The monoisotopic (exact) mass is 1080 g/mol. The Morgan fingerprint density at radius 3 is 1.12 bits per heavy atom. The minimum absolute atomic E-state index is 0.0348. The van der Waals surface area contributed by atoms with E-state index >= 15 is 0 Å². The summed E-state index contributed by atoms with van der Waals surface area (Å²) in [5.74, 6) is -0.842. The van der Waals surface area contributed by atoms with Crippen molar-refractivity contribution in [2.24, 2.45) is 0 Å². The van der Waals surface area contributed by atoms with Crippen LogP contribution in [0.4, 0.5) is 0 Å². The van der Waals surface area contributed by atoms with Gasteiger partial charge in [-0.1, -0.05) is 253 Å². The van der Waals surface area contributed by atoms with Crippen LogP contribution in [0.5, 0.6) is 0 Å². The third-order valence-electron chi connectivity index (χ3n) is 13.4. The average Bonchev–Trinajstić information content (AvgIpc) is 3.38.